The summed E-state index contributed by atoms with van der Waals surface area (Å²) >= 11 is 0. The lowest BCUT2D eigenvalue weighted by Gasteiger charge is -2.30. The predicted octanol–water partition coefficient (Wildman–Crippen LogP) is 4.41. The molecule has 3 heterocycles. The molecule has 12 nitrogen and oxygen atoms in total. The summed E-state index contributed by atoms with van der Waals surface area (Å²) in [7, 11) is 0. The predicted molar refractivity (Wildman–Crippen MR) is 171 cm³/mol. The Morgan fingerprint density at radius 3 is 2.59 bits per heavy atom. The van der Waals surface area contributed by atoms with Gasteiger partial charge < -0.3 is 25.4 Å². The fraction of sp³-hybridized carbons (Fsp3) is 0.588. The Hall–Kier alpha value is -4.22. The van der Waals surface area contributed by atoms with Crippen LogP contribution >= 0.6 is 0 Å². The van der Waals surface area contributed by atoms with Gasteiger partial charge >= 0.3 is 12.1 Å². The summed E-state index contributed by atoms with van der Waals surface area (Å²) in [5.74, 6) is -2.37. The van der Waals surface area contributed by atoms with Crippen LogP contribution in [0.1, 0.15) is 90.8 Å². The number of carboxylic acids is 1. The monoisotopic (exact) mass is 634 g/mol. The molecule has 5 rings (SSSR count). The number of hydrogen-bond acceptors (Lipinski definition) is 7. The van der Waals surface area contributed by atoms with E-state index < -0.39 is 53.1 Å². The highest BCUT2D eigenvalue weighted by molar-refractivity contribution is 5.96. The van der Waals surface area contributed by atoms with Gasteiger partial charge in [0.25, 0.3) is 0 Å². The number of hydrogen-bond donors (Lipinski definition) is 3. The largest absolute Gasteiger partial charge is 0.479 e. The number of aromatic nitrogens is 3. The summed E-state index contributed by atoms with van der Waals surface area (Å²) < 4.78 is 5.48. The highest BCUT2D eigenvalue weighted by Gasteiger charge is 2.61. The van der Waals surface area contributed by atoms with Gasteiger partial charge in [0.05, 0.1) is 11.7 Å². The molecule has 1 aromatic heterocycles. The Bertz CT molecular complexity index is 1470. The van der Waals surface area contributed by atoms with Gasteiger partial charge in [-0.1, -0.05) is 68.7 Å². The van der Waals surface area contributed by atoms with E-state index in [0.717, 1.165) is 42.6 Å². The zero-order valence-electron chi connectivity index (χ0n) is 27.2. The van der Waals surface area contributed by atoms with Crippen LogP contribution in [0.25, 0.3) is 11.3 Å². The number of fused-ring (bicyclic) bond motifs is 2. The third-order valence-corrected chi connectivity index (χ3v) is 8.89. The van der Waals surface area contributed by atoms with Crippen molar-refractivity contribution < 1.29 is 29.0 Å². The number of allylic oxidation sites excluding steroid dienone is 1. The van der Waals surface area contributed by atoms with Crippen molar-refractivity contribution in [2.75, 3.05) is 6.54 Å². The minimum absolute atomic E-state index is 0.126. The van der Waals surface area contributed by atoms with Crippen molar-refractivity contribution >= 4 is 23.9 Å². The summed E-state index contributed by atoms with van der Waals surface area (Å²) in [4.78, 5) is 56.6. The number of benzene rings is 1. The first kappa shape index (κ1) is 33.2. The van der Waals surface area contributed by atoms with E-state index >= 15 is 0 Å². The lowest BCUT2D eigenvalue weighted by molar-refractivity contribution is -0.145. The molecule has 0 radical (unpaired) electrons. The van der Waals surface area contributed by atoms with Crippen molar-refractivity contribution in [1.82, 2.24) is 30.5 Å². The SMILES string of the molecule is CCCc1nn([C@H]2C[C@H]3C(=O)N[C@]4(C(=O)O)C[C@H]4C=CCCCCC[C@H](NC(=O)OC(C)(C)C)C(=O)N3C2)nc1-c1ccccc1. The second kappa shape index (κ2) is 13.6. The average Bonchev–Trinajstić information content (AvgIpc) is 3.31. The van der Waals surface area contributed by atoms with E-state index in [0.29, 0.717) is 25.7 Å². The molecule has 0 spiro atoms. The second-order valence-corrected chi connectivity index (χ2v) is 13.7. The Morgan fingerprint density at radius 1 is 1.13 bits per heavy atom. The Morgan fingerprint density at radius 2 is 1.89 bits per heavy atom. The van der Waals surface area contributed by atoms with Gasteiger partial charge in [-0.15, -0.1) is 0 Å². The number of aryl methyl sites for hydroxylation is 1. The molecule has 5 atom stereocenters. The topological polar surface area (TPSA) is 156 Å². The number of alkyl carbamates (subject to hydrolysis) is 1. The fourth-order valence-corrected chi connectivity index (χ4v) is 6.44. The number of nitrogens with one attached hydrogen (secondary N) is 2. The average molecular weight is 635 g/mol. The second-order valence-electron chi connectivity index (χ2n) is 13.7. The maximum atomic E-state index is 14.3. The third-order valence-electron chi connectivity index (χ3n) is 8.89. The molecule has 1 aromatic carbocycles. The molecule has 248 valence electrons. The van der Waals surface area contributed by atoms with E-state index in [1.165, 1.54) is 4.90 Å². The third kappa shape index (κ3) is 7.42. The molecule has 3 N–H and O–H groups in total. The Kier molecular flexibility index (Phi) is 9.83. The first-order valence-corrected chi connectivity index (χ1v) is 16.4. The van der Waals surface area contributed by atoms with Crippen molar-refractivity contribution in [3.63, 3.8) is 0 Å². The van der Waals surface area contributed by atoms with Crippen LogP contribution in [0.15, 0.2) is 42.5 Å². The molecule has 12 heteroatoms. The van der Waals surface area contributed by atoms with Crippen LogP contribution in [0.4, 0.5) is 4.79 Å². The molecule has 46 heavy (non-hydrogen) atoms. The number of carbonyl (C=O) groups excluding carboxylic acids is 3. The highest BCUT2D eigenvalue weighted by atomic mass is 16.6. The standard InChI is InChI=1S/C34H46N6O6/c1-5-14-25-28(22-15-10-9-11-16-22)38-40(37-25)24-19-27-29(41)36-34(31(43)44)20-23(34)17-12-7-6-8-13-18-26(30(42)39(27)21-24)35-32(45)46-33(2,3)4/h9-12,15-17,23-24,26-27H,5-8,13-14,18-21H2,1-4H3,(H,35,45)(H,36,41)(H,43,44)/t23-,24+,26+,27+,34-/m1/s1. The van der Waals surface area contributed by atoms with Crippen molar-refractivity contribution in [2.45, 2.75) is 115 Å². The van der Waals surface area contributed by atoms with Crippen LogP contribution in [0.5, 0.6) is 0 Å². The summed E-state index contributed by atoms with van der Waals surface area (Å²) in [6, 6.07) is 7.42. The summed E-state index contributed by atoms with van der Waals surface area (Å²) in [5.41, 5.74) is 0.343. The lowest BCUT2D eigenvalue weighted by Crippen LogP contribution is -2.56. The van der Waals surface area contributed by atoms with Crippen molar-refractivity contribution in [3.8, 4) is 11.3 Å². The zero-order valence-corrected chi connectivity index (χ0v) is 27.2. The number of aliphatic carboxylic acids is 1. The Balaban J connectivity index is 1.48. The minimum Gasteiger partial charge on any atom is -0.479 e. The van der Waals surface area contributed by atoms with Gasteiger partial charge in [-0.3, -0.25) is 9.59 Å². The first-order valence-electron chi connectivity index (χ1n) is 16.4. The first-order chi connectivity index (χ1) is 21.9. The molecule has 0 bridgehead atoms. The van der Waals surface area contributed by atoms with Crippen LogP contribution in [0, 0.1) is 5.92 Å². The molecule has 2 aliphatic heterocycles. The number of amides is 3. The van der Waals surface area contributed by atoms with E-state index in [2.05, 4.69) is 17.6 Å². The van der Waals surface area contributed by atoms with E-state index in [1.807, 2.05) is 42.5 Å². The quantitative estimate of drug-likeness (QED) is 0.395. The van der Waals surface area contributed by atoms with Gasteiger partial charge in [-0.25, -0.2) is 9.59 Å². The molecule has 2 aromatic rings. The molecule has 0 unspecified atom stereocenters. The molecule has 3 amide bonds. The smallest absolute Gasteiger partial charge is 0.408 e. The molecular formula is C34H46N6O6. The lowest BCUT2D eigenvalue weighted by atomic mass is 10.0. The number of ether oxygens (including phenoxy) is 1. The number of nitrogens with zero attached hydrogens (tertiary/aromatic N) is 4. The highest BCUT2D eigenvalue weighted by Crippen LogP contribution is 2.45. The van der Waals surface area contributed by atoms with Crippen LogP contribution in [-0.4, -0.2) is 78.6 Å². The van der Waals surface area contributed by atoms with Crippen molar-refractivity contribution in [3.05, 3.63) is 48.2 Å². The number of rotatable bonds is 6. The van der Waals surface area contributed by atoms with Gasteiger partial charge in [0.15, 0.2) is 0 Å². The van der Waals surface area contributed by atoms with Gasteiger partial charge in [0, 0.05) is 24.4 Å². The van der Waals surface area contributed by atoms with Crippen LogP contribution in [0.3, 0.4) is 0 Å². The van der Waals surface area contributed by atoms with Crippen molar-refractivity contribution in [1.29, 1.82) is 0 Å². The normalized spacial score (nSPS) is 27.1. The van der Waals surface area contributed by atoms with Gasteiger partial charge in [0.2, 0.25) is 11.8 Å². The molecule has 1 saturated carbocycles. The van der Waals surface area contributed by atoms with E-state index in [4.69, 9.17) is 14.9 Å². The molecular weight excluding hydrogens is 588 g/mol. The van der Waals surface area contributed by atoms with Crippen LogP contribution in [-0.2, 0) is 25.5 Å². The van der Waals surface area contributed by atoms with Crippen LogP contribution in [0.2, 0.25) is 0 Å². The molecule has 1 saturated heterocycles. The fourth-order valence-electron chi connectivity index (χ4n) is 6.44. The molecule has 2 fully saturated rings. The zero-order chi connectivity index (χ0) is 33.1. The maximum Gasteiger partial charge on any atom is 0.408 e. The van der Waals surface area contributed by atoms with Gasteiger partial charge in [0.1, 0.15) is 28.9 Å². The van der Waals surface area contributed by atoms with Gasteiger partial charge in [-0.05, 0) is 52.9 Å². The van der Waals surface area contributed by atoms with Crippen LogP contribution < -0.4 is 10.6 Å². The van der Waals surface area contributed by atoms with Crippen molar-refractivity contribution in [2.24, 2.45) is 5.92 Å². The summed E-state index contributed by atoms with van der Waals surface area (Å²) in [6.45, 7) is 7.45. The summed E-state index contributed by atoms with van der Waals surface area (Å²) in [5, 5.41) is 25.4. The summed E-state index contributed by atoms with van der Waals surface area (Å²) in [6.07, 6.45) is 8.70. The Labute approximate surface area is 269 Å². The molecule has 3 aliphatic rings. The number of carbonyl (C=O) groups is 4. The maximum absolute atomic E-state index is 14.3. The number of carboxylic acid groups (broad SMARTS) is 1. The van der Waals surface area contributed by atoms with E-state index in [-0.39, 0.29) is 18.9 Å². The minimum atomic E-state index is -1.41. The van der Waals surface area contributed by atoms with E-state index in [1.54, 1.807) is 25.6 Å². The van der Waals surface area contributed by atoms with E-state index in [9.17, 15) is 24.3 Å². The molecule has 1 aliphatic carbocycles. The van der Waals surface area contributed by atoms with Gasteiger partial charge in [-0.2, -0.15) is 15.0 Å².